The summed E-state index contributed by atoms with van der Waals surface area (Å²) in [6.45, 7) is 4.87. The maximum atomic E-state index is 13.8. The number of thiazole rings is 1. The summed E-state index contributed by atoms with van der Waals surface area (Å²) in [7, 11) is -7.22. The Morgan fingerprint density at radius 1 is 0.950 bits per heavy atom. The van der Waals surface area contributed by atoms with Crippen LogP contribution in [0.2, 0.25) is 0 Å². The predicted molar refractivity (Wildman–Crippen MR) is 155 cm³/mol. The van der Waals surface area contributed by atoms with Gasteiger partial charge in [0.15, 0.2) is 15.0 Å². The molecule has 2 aliphatic heterocycles. The van der Waals surface area contributed by atoms with Crippen LogP contribution in [0.25, 0.3) is 10.2 Å². The number of carbonyl (C=O) groups is 1. The lowest BCUT2D eigenvalue weighted by Gasteiger charge is -2.29. The van der Waals surface area contributed by atoms with E-state index in [1.54, 1.807) is 12.1 Å². The average molecular weight is 631 g/mol. The number of anilines is 1. The number of rotatable bonds is 8. The van der Waals surface area contributed by atoms with Gasteiger partial charge in [-0.2, -0.15) is 4.31 Å². The van der Waals surface area contributed by atoms with Crippen molar-refractivity contribution in [3.8, 4) is 0 Å². The third kappa shape index (κ3) is 6.65. The third-order valence-corrected chi connectivity index (χ3v) is 10.8. The summed E-state index contributed by atoms with van der Waals surface area (Å²) in [6.07, 6.45) is 1.13. The molecule has 2 aromatic carbocycles. The van der Waals surface area contributed by atoms with Gasteiger partial charge in [0.05, 0.1) is 40.9 Å². The summed E-state index contributed by atoms with van der Waals surface area (Å²) in [6, 6.07) is 10.8. The standard InChI is InChI=1S/C25H30N4O7S3.ClH/c1-38(31,32)22-4-2-3-21-23(22)26-25(37-21)29(10-9-27-11-15-35-16-12-27)24(30)19-5-7-20(8-6-19)39(33,34)28-13-17-36-18-14-28;/h2-8H,9-18H2,1H3;1H. The molecule has 0 bridgehead atoms. The zero-order valence-electron chi connectivity index (χ0n) is 21.9. The first-order valence-corrected chi connectivity index (χ1v) is 16.7. The molecular weight excluding hydrogens is 600 g/mol. The van der Waals surface area contributed by atoms with Gasteiger partial charge < -0.3 is 9.47 Å². The molecule has 0 spiro atoms. The molecule has 1 amide bonds. The largest absolute Gasteiger partial charge is 0.379 e. The highest BCUT2D eigenvalue weighted by atomic mass is 35.5. The molecule has 40 heavy (non-hydrogen) atoms. The van der Waals surface area contributed by atoms with Crippen molar-refractivity contribution in [1.29, 1.82) is 0 Å². The minimum atomic E-state index is -3.69. The molecule has 3 aromatic rings. The number of aromatic nitrogens is 1. The number of carbonyl (C=O) groups excluding carboxylic acids is 1. The quantitative estimate of drug-likeness (QED) is 0.368. The molecule has 1 aromatic heterocycles. The summed E-state index contributed by atoms with van der Waals surface area (Å²) in [5.74, 6) is -0.349. The van der Waals surface area contributed by atoms with E-state index in [0.717, 1.165) is 19.3 Å². The van der Waals surface area contributed by atoms with Crippen molar-refractivity contribution < 1.29 is 31.1 Å². The summed E-state index contributed by atoms with van der Waals surface area (Å²) >= 11 is 1.24. The second-order valence-corrected chi connectivity index (χ2v) is 14.3. The monoisotopic (exact) mass is 630 g/mol. The van der Waals surface area contributed by atoms with Crippen molar-refractivity contribution in [1.82, 2.24) is 14.2 Å². The first kappa shape index (κ1) is 30.8. The molecule has 15 heteroatoms. The minimum absolute atomic E-state index is 0. The highest BCUT2D eigenvalue weighted by Crippen LogP contribution is 2.33. The highest BCUT2D eigenvalue weighted by Gasteiger charge is 2.28. The van der Waals surface area contributed by atoms with Crippen molar-refractivity contribution in [2.75, 3.05) is 76.9 Å². The number of halogens is 1. The van der Waals surface area contributed by atoms with E-state index in [0.29, 0.717) is 60.4 Å². The predicted octanol–water partition coefficient (Wildman–Crippen LogP) is 2.12. The molecule has 0 saturated carbocycles. The van der Waals surface area contributed by atoms with Crippen molar-refractivity contribution in [2.45, 2.75) is 9.79 Å². The molecule has 3 heterocycles. The molecule has 2 saturated heterocycles. The number of ether oxygens (including phenoxy) is 2. The Morgan fingerprint density at radius 2 is 1.57 bits per heavy atom. The van der Waals surface area contributed by atoms with Crippen LogP contribution in [-0.2, 0) is 29.3 Å². The van der Waals surface area contributed by atoms with E-state index >= 15 is 0 Å². The molecule has 11 nitrogen and oxygen atoms in total. The molecular formula is C25H31ClN4O7S3. The Balaban J connectivity index is 0.00000370. The number of amides is 1. The van der Waals surface area contributed by atoms with Crippen LogP contribution in [0.4, 0.5) is 5.13 Å². The van der Waals surface area contributed by atoms with Gasteiger partial charge in [-0.1, -0.05) is 17.4 Å². The number of para-hydroxylation sites is 1. The Morgan fingerprint density at radius 3 is 2.20 bits per heavy atom. The first-order chi connectivity index (χ1) is 18.6. The van der Waals surface area contributed by atoms with Crippen LogP contribution in [0.5, 0.6) is 0 Å². The second kappa shape index (κ2) is 12.8. The van der Waals surface area contributed by atoms with Crippen molar-refractivity contribution in [3.63, 3.8) is 0 Å². The maximum absolute atomic E-state index is 13.8. The van der Waals surface area contributed by atoms with E-state index in [2.05, 4.69) is 9.88 Å². The number of sulfonamides is 1. The molecule has 0 aliphatic carbocycles. The van der Waals surface area contributed by atoms with Gasteiger partial charge >= 0.3 is 0 Å². The lowest BCUT2D eigenvalue weighted by atomic mass is 10.2. The minimum Gasteiger partial charge on any atom is -0.379 e. The van der Waals surface area contributed by atoms with Crippen LogP contribution in [0.1, 0.15) is 10.4 Å². The van der Waals surface area contributed by atoms with Gasteiger partial charge in [0.1, 0.15) is 5.52 Å². The molecule has 0 radical (unpaired) electrons. The number of fused-ring (bicyclic) bond motifs is 1. The van der Waals surface area contributed by atoms with Gasteiger partial charge in [-0.25, -0.2) is 21.8 Å². The number of sulfone groups is 1. The zero-order chi connectivity index (χ0) is 27.6. The summed E-state index contributed by atoms with van der Waals surface area (Å²) < 4.78 is 63.4. The van der Waals surface area contributed by atoms with E-state index in [1.807, 2.05) is 0 Å². The van der Waals surface area contributed by atoms with Crippen LogP contribution in [0.3, 0.4) is 0 Å². The smallest absolute Gasteiger partial charge is 0.260 e. The fourth-order valence-corrected chi connectivity index (χ4v) is 7.86. The fourth-order valence-electron chi connectivity index (χ4n) is 4.54. The van der Waals surface area contributed by atoms with Crippen LogP contribution in [-0.4, -0.2) is 109 Å². The third-order valence-electron chi connectivity index (χ3n) is 6.70. The Labute approximate surface area is 244 Å². The van der Waals surface area contributed by atoms with Crippen LogP contribution in [0.15, 0.2) is 52.3 Å². The number of hydrogen-bond acceptors (Lipinski definition) is 10. The lowest BCUT2D eigenvalue weighted by molar-refractivity contribution is 0.0391. The van der Waals surface area contributed by atoms with Gasteiger partial charge in [0.2, 0.25) is 10.0 Å². The van der Waals surface area contributed by atoms with Gasteiger partial charge in [-0.15, -0.1) is 12.4 Å². The maximum Gasteiger partial charge on any atom is 0.260 e. The molecule has 0 N–H and O–H groups in total. The Bertz CT molecular complexity index is 1550. The SMILES string of the molecule is CS(=O)(=O)c1cccc2sc(N(CCN3CCOCC3)C(=O)c3ccc(S(=O)(=O)N4CCOCC4)cc3)nc12.Cl. The molecule has 0 atom stereocenters. The van der Waals surface area contributed by atoms with E-state index in [-0.39, 0.29) is 41.2 Å². The number of hydrogen-bond donors (Lipinski definition) is 0. The Hall–Kier alpha value is -2.17. The van der Waals surface area contributed by atoms with Crippen LogP contribution < -0.4 is 4.90 Å². The van der Waals surface area contributed by atoms with Gasteiger partial charge in [-0.3, -0.25) is 14.6 Å². The molecule has 0 unspecified atom stereocenters. The zero-order valence-corrected chi connectivity index (χ0v) is 25.2. The van der Waals surface area contributed by atoms with Crippen LogP contribution >= 0.6 is 23.7 Å². The number of morpholine rings is 2. The number of nitrogens with zero attached hydrogens (tertiary/aromatic N) is 4. The molecule has 2 aliphatic rings. The van der Waals surface area contributed by atoms with E-state index in [1.165, 1.54) is 50.9 Å². The van der Waals surface area contributed by atoms with Gasteiger partial charge in [-0.05, 0) is 36.4 Å². The van der Waals surface area contributed by atoms with Crippen molar-refractivity contribution in [3.05, 3.63) is 48.0 Å². The van der Waals surface area contributed by atoms with Crippen molar-refractivity contribution in [2.24, 2.45) is 0 Å². The normalized spacial score (nSPS) is 17.4. The van der Waals surface area contributed by atoms with Gasteiger partial charge in [0, 0.05) is 51.1 Å². The highest BCUT2D eigenvalue weighted by molar-refractivity contribution is 7.91. The van der Waals surface area contributed by atoms with Crippen LogP contribution in [0, 0.1) is 0 Å². The van der Waals surface area contributed by atoms with Crippen molar-refractivity contribution >= 4 is 64.9 Å². The average Bonchev–Trinajstić information content (AvgIpc) is 3.37. The Kier molecular flexibility index (Phi) is 9.83. The van der Waals surface area contributed by atoms with E-state index in [9.17, 15) is 21.6 Å². The second-order valence-electron chi connectivity index (χ2n) is 9.32. The van der Waals surface area contributed by atoms with E-state index < -0.39 is 19.9 Å². The molecule has 218 valence electrons. The summed E-state index contributed by atoms with van der Waals surface area (Å²) in [5.41, 5.74) is 0.636. The topological polar surface area (TPSA) is 126 Å². The van der Waals surface area contributed by atoms with Gasteiger partial charge in [0.25, 0.3) is 5.91 Å². The molecule has 5 rings (SSSR count). The number of benzene rings is 2. The summed E-state index contributed by atoms with van der Waals surface area (Å²) in [5, 5.41) is 0.379. The molecule has 2 fully saturated rings. The van der Waals surface area contributed by atoms with E-state index in [4.69, 9.17) is 9.47 Å². The fraction of sp³-hybridized carbons (Fsp3) is 0.440. The lowest BCUT2D eigenvalue weighted by Crippen LogP contribution is -2.43. The first-order valence-electron chi connectivity index (χ1n) is 12.5. The summed E-state index contributed by atoms with van der Waals surface area (Å²) in [4.78, 5) is 22.3.